The molecule has 8 heteroatoms. The van der Waals surface area contributed by atoms with E-state index in [0.717, 1.165) is 4.57 Å². The fourth-order valence-electron chi connectivity index (χ4n) is 1.13. The molecule has 1 aromatic rings. The van der Waals surface area contributed by atoms with Gasteiger partial charge >= 0.3 is 5.69 Å². The summed E-state index contributed by atoms with van der Waals surface area (Å²) < 4.78 is 0.778. The highest BCUT2D eigenvalue weighted by atomic mass is 32.1. The van der Waals surface area contributed by atoms with Crippen LogP contribution in [0.2, 0.25) is 0 Å². The quantitative estimate of drug-likeness (QED) is 0.329. The monoisotopic (exact) mass is 241 g/mol. The van der Waals surface area contributed by atoms with Crippen LogP contribution in [0.1, 0.15) is 12.0 Å². The third-order valence-electron chi connectivity index (χ3n) is 1.92. The van der Waals surface area contributed by atoms with Crippen LogP contribution in [0.4, 0.5) is 0 Å². The Bertz CT molecular complexity index is 572. The number of primary amides is 1. The highest BCUT2D eigenvalue weighted by Crippen LogP contribution is 2.00. The Hall–Kier alpha value is -1.96. The van der Waals surface area contributed by atoms with Gasteiger partial charge in [-0.3, -0.25) is 14.2 Å². The maximum Gasteiger partial charge on any atom is 0.326 e. The van der Waals surface area contributed by atoms with E-state index in [-0.39, 0.29) is 16.3 Å². The molecule has 0 radical (unpaired) electrons. The molecule has 1 amide bonds. The number of nitrogens with one attached hydrogen (secondary N) is 2. The summed E-state index contributed by atoms with van der Waals surface area (Å²) in [5, 5.41) is 7.35. The lowest BCUT2D eigenvalue weighted by Crippen LogP contribution is -2.38. The fraction of sp³-hybridized carbons (Fsp3) is 0.250. The van der Waals surface area contributed by atoms with Gasteiger partial charge in [-0.15, -0.1) is 0 Å². The van der Waals surface area contributed by atoms with Gasteiger partial charge in [0, 0.05) is 7.05 Å². The van der Waals surface area contributed by atoms with Gasteiger partial charge in [-0.2, -0.15) is 0 Å². The van der Waals surface area contributed by atoms with Gasteiger partial charge in [0.2, 0.25) is 5.91 Å². The van der Waals surface area contributed by atoms with Crippen LogP contribution >= 0.6 is 0 Å². The van der Waals surface area contributed by atoms with Crippen molar-refractivity contribution in [2.24, 2.45) is 12.8 Å². The molecule has 0 aromatic carbocycles. The van der Waals surface area contributed by atoms with Crippen molar-refractivity contribution < 1.29 is 4.79 Å². The van der Waals surface area contributed by atoms with Crippen LogP contribution in [0.5, 0.6) is 0 Å². The van der Waals surface area contributed by atoms with E-state index in [0.29, 0.717) is 0 Å². The van der Waals surface area contributed by atoms with E-state index in [1.54, 1.807) is 0 Å². The van der Waals surface area contributed by atoms with E-state index in [1.807, 2.05) is 0 Å². The molecule has 0 fully saturated rings. The van der Waals surface area contributed by atoms with Crippen molar-refractivity contribution in [3.8, 4) is 0 Å². The van der Waals surface area contributed by atoms with Gasteiger partial charge in [-0.1, -0.05) is 5.03 Å². The standard InChI is InChI=1S/C8H10N4O3S/c1-12-7(14)5(3(9)2-4(10)13)6(16)11-8(12)15/h9,16H,2H2,1H3,(H2,10,13)(H,11,15)/p-1. The molecule has 0 saturated carbocycles. The molecule has 0 aliphatic heterocycles. The minimum atomic E-state index is -0.743. The topological polar surface area (TPSA) is 122 Å². The lowest BCUT2D eigenvalue weighted by Gasteiger charge is -2.13. The maximum absolute atomic E-state index is 11.6. The molecule has 0 atom stereocenters. The molecule has 1 rings (SSSR count). The molecule has 4 N–H and O–H groups in total. The van der Waals surface area contributed by atoms with Crippen molar-refractivity contribution in [1.82, 2.24) is 9.55 Å². The first-order valence-electron chi connectivity index (χ1n) is 4.21. The van der Waals surface area contributed by atoms with Gasteiger partial charge in [-0.05, 0) is 0 Å². The third-order valence-corrected chi connectivity index (χ3v) is 2.23. The lowest BCUT2D eigenvalue weighted by molar-refractivity contribution is -0.116. The summed E-state index contributed by atoms with van der Waals surface area (Å²) in [7, 11) is 1.25. The van der Waals surface area contributed by atoms with E-state index in [1.165, 1.54) is 7.05 Å². The first-order valence-corrected chi connectivity index (χ1v) is 4.61. The Morgan fingerprint density at radius 2 is 2.12 bits per heavy atom. The van der Waals surface area contributed by atoms with Crippen LogP contribution in [0.15, 0.2) is 14.6 Å². The van der Waals surface area contributed by atoms with Crippen molar-refractivity contribution in [3.05, 3.63) is 26.4 Å². The lowest BCUT2D eigenvalue weighted by atomic mass is 10.1. The van der Waals surface area contributed by atoms with Crippen LogP contribution in [0.25, 0.3) is 0 Å². The predicted octanol–water partition coefficient (Wildman–Crippen LogP) is -1.78. The summed E-state index contributed by atoms with van der Waals surface area (Å²) in [6, 6.07) is 0. The van der Waals surface area contributed by atoms with E-state index < -0.39 is 23.6 Å². The number of amides is 1. The van der Waals surface area contributed by atoms with E-state index in [2.05, 4.69) is 4.98 Å². The summed E-state index contributed by atoms with van der Waals surface area (Å²) in [5.41, 5.74) is 3.07. The Balaban J connectivity index is 3.41. The van der Waals surface area contributed by atoms with Gasteiger partial charge in [0.15, 0.2) is 0 Å². The number of nitrogens with two attached hydrogens (primary N) is 1. The highest BCUT2D eigenvalue weighted by molar-refractivity contribution is 7.58. The number of carbonyl (C=O) groups excluding carboxylic acids is 1. The number of rotatable bonds is 3. The van der Waals surface area contributed by atoms with Crippen LogP contribution < -0.4 is 17.0 Å². The number of aromatic nitrogens is 2. The molecule has 0 aliphatic carbocycles. The molecule has 16 heavy (non-hydrogen) atoms. The van der Waals surface area contributed by atoms with Gasteiger partial charge in [0.25, 0.3) is 5.56 Å². The van der Waals surface area contributed by atoms with E-state index in [9.17, 15) is 14.4 Å². The van der Waals surface area contributed by atoms with Crippen molar-refractivity contribution >= 4 is 24.2 Å². The highest BCUT2D eigenvalue weighted by Gasteiger charge is 2.12. The first-order chi connectivity index (χ1) is 7.34. The molecule has 7 nitrogen and oxygen atoms in total. The summed E-state index contributed by atoms with van der Waals surface area (Å²) in [6.07, 6.45) is -0.398. The average Bonchev–Trinajstić information content (AvgIpc) is 2.13. The van der Waals surface area contributed by atoms with Crippen molar-refractivity contribution in [2.75, 3.05) is 0 Å². The van der Waals surface area contributed by atoms with Gasteiger partial charge in [-0.25, -0.2) is 4.79 Å². The number of aromatic amines is 1. The zero-order chi connectivity index (χ0) is 12.5. The molecular formula is C8H9N4O3S-. The normalized spacial score (nSPS) is 10.1. The molecule has 0 aliphatic rings. The molecule has 1 aromatic heterocycles. The zero-order valence-electron chi connectivity index (χ0n) is 8.36. The SMILES string of the molecule is Cn1c(=O)[nH]c([S-])c(C(=N)CC(N)=O)c1=O. The van der Waals surface area contributed by atoms with E-state index >= 15 is 0 Å². The fourth-order valence-corrected chi connectivity index (χ4v) is 1.43. The van der Waals surface area contributed by atoms with Crippen molar-refractivity contribution in [1.29, 1.82) is 5.41 Å². The first kappa shape index (κ1) is 12.1. The minimum Gasteiger partial charge on any atom is -0.761 e. The molecule has 1 heterocycles. The molecule has 0 spiro atoms. The minimum absolute atomic E-state index is 0.153. The van der Waals surface area contributed by atoms with Crippen LogP contribution in [0.3, 0.4) is 0 Å². The van der Waals surface area contributed by atoms with Crippen molar-refractivity contribution in [3.63, 3.8) is 0 Å². The number of nitrogens with zero attached hydrogens (tertiary/aromatic N) is 1. The zero-order valence-corrected chi connectivity index (χ0v) is 9.18. The average molecular weight is 241 g/mol. The largest absolute Gasteiger partial charge is 0.761 e. The second kappa shape index (κ2) is 4.27. The number of carbonyl (C=O) groups is 1. The molecule has 0 unspecified atom stereocenters. The molecule has 86 valence electrons. The molecule has 0 saturated heterocycles. The summed E-state index contributed by atoms with van der Waals surface area (Å²) >= 11 is 4.75. The van der Waals surface area contributed by atoms with E-state index in [4.69, 9.17) is 23.8 Å². The smallest absolute Gasteiger partial charge is 0.326 e. The van der Waals surface area contributed by atoms with Gasteiger partial charge < -0.3 is 28.8 Å². The summed E-state index contributed by atoms with van der Waals surface area (Å²) in [4.78, 5) is 35.6. The summed E-state index contributed by atoms with van der Waals surface area (Å²) in [6.45, 7) is 0. The predicted molar refractivity (Wildman–Crippen MR) is 58.6 cm³/mol. The van der Waals surface area contributed by atoms with Crippen LogP contribution in [-0.4, -0.2) is 21.2 Å². The molecule has 0 bridgehead atoms. The van der Waals surface area contributed by atoms with Crippen LogP contribution in [-0.2, 0) is 24.5 Å². The Labute approximate surface area is 95.2 Å². The van der Waals surface area contributed by atoms with Gasteiger partial charge in [0.05, 0.1) is 17.7 Å². The second-order valence-corrected chi connectivity index (χ2v) is 3.53. The second-order valence-electron chi connectivity index (χ2n) is 3.12. The van der Waals surface area contributed by atoms with Gasteiger partial charge in [0.1, 0.15) is 0 Å². The Morgan fingerprint density at radius 1 is 1.56 bits per heavy atom. The van der Waals surface area contributed by atoms with Crippen molar-refractivity contribution in [2.45, 2.75) is 11.4 Å². The third kappa shape index (κ3) is 2.16. The maximum atomic E-state index is 11.6. The summed E-state index contributed by atoms with van der Waals surface area (Å²) in [5.74, 6) is -0.743. The van der Waals surface area contributed by atoms with Crippen LogP contribution in [0, 0.1) is 5.41 Å². The Kier molecular flexibility index (Phi) is 3.23. The Morgan fingerprint density at radius 3 is 2.62 bits per heavy atom. The number of hydrogen-bond acceptors (Lipinski definition) is 5. The number of H-pyrrole nitrogens is 1. The number of hydrogen-bond donors (Lipinski definition) is 3. The molecular weight excluding hydrogens is 232 g/mol.